The van der Waals surface area contributed by atoms with E-state index in [0.717, 1.165) is 35.4 Å². The summed E-state index contributed by atoms with van der Waals surface area (Å²) in [4.78, 5) is 29.6. The number of H-pyrrole nitrogens is 1. The minimum atomic E-state index is -0.0779. The molecule has 2 aromatic heterocycles. The van der Waals surface area contributed by atoms with Crippen molar-refractivity contribution in [2.24, 2.45) is 0 Å². The van der Waals surface area contributed by atoms with Gasteiger partial charge in [0, 0.05) is 40.0 Å². The number of nitrogens with one attached hydrogen (secondary N) is 2. The van der Waals surface area contributed by atoms with Gasteiger partial charge in [-0.25, -0.2) is 0 Å². The molecule has 1 amide bonds. The first-order valence-electron chi connectivity index (χ1n) is 9.05. The fraction of sp³-hybridized carbons (Fsp3) is 0.333. The molecular formula is C21H22N2O2S. The molecule has 0 radical (unpaired) electrons. The Morgan fingerprint density at radius 1 is 1.27 bits per heavy atom. The Balaban J connectivity index is 1.45. The molecule has 0 atom stereocenters. The van der Waals surface area contributed by atoms with Gasteiger partial charge in [-0.2, -0.15) is 0 Å². The minimum Gasteiger partial charge on any atom is -0.358 e. The second-order valence-electron chi connectivity index (χ2n) is 6.96. The Morgan fingerprint density at radius 3 is 2.92 bits per heavy atom. The molecule has 5 heteroatoms. The number of rotatable bonds is 4. The van der Waals surface area contributed by atoms with Crippen LogP contribution >= 0.6 is 11.3 Å². The number of thiophene rings is 1. The first-order valence-corrected chi connectivity index (χ1v) is 9.87. The van der Waals surface area contributed by atoms with Crippen LogP contribution in [0.4, 0.5) is 0 Å². The number of carbonyl (C=O) groups excluding carboxylic acids is 2. The fourth-order valence-electron chi connectivity index (χ4n) is 3.77. The van der Waals surface area contributed by atoms with Gasteiger partial charge in [0.15, 0.2) is 5.78 Å². The van der Waals surface area contributed by atoms with E-state index in [4.69, 9.17) is 0 Å². The van der Waals surface area contributed by atoms with Gasteiger partial charge in [0.2, 0.25) is 0 Å². The number of benzene rings is 1. The van der Waals surface area contributed by atoms with Crippen molar-refractivity contribution < 1.29 is 9.59 Å². The first kappa shape index (κ1) is 17.0. The van der Waals surface area contributed by atoms with Gasteiger partial charge in [0.1, 0.15) is 0 Å². The zero-order valence-electron chi connectivity index (χ0n) is 15.1. The highest BCUT2D eigenvalue weighted by molar-refractivity contribution is 7.14. The number of hydrogen-bond acceptors (Lipinski definition) is 3. The van der Waals surface area contributed by atoms with E-state index in [2.05, 4.69) is 42.3 Å². The maximum absolute atomic E-state index is 12.5. The van der Waals surface area contributed by atoms with Crippen LogP contribution in [0.5, 0.6) is 0 Å². The number of ketones is 1. The quantitative estimate of drug-likeness (QED) is 0.721. The van der Waals surface area contributed by atoms with Crippen molar-refractivity contribution in [3.63, 3.8) is 0 Å². The molecule has 2 heterocycles. The third kappa shape index (κ3) is 2.97. The summed E-state index contributed by atoms with van der Waals surface area (Å²) < 4.78 is 0. The van der Waals surface area contributed by atoms with E-state index >= 15 is 0 Å². The van der Waals surface area contributed by atoms with Gasteiger partial charge in [-0.1, -0.05) is 18.2 Å². The van der Waals surface area contributed by atoms with Gasteiger partial charge in [-0.15, -0.1) is 11.3 Å². The van der Waals surface area contributed by atoms with E-state index in [1.165, 1.54) is 33.4 Å². The minimum absolute atomic E-state index is 0.0779. The predicted octanol–water partition coefficient (Wildman–Crippen LogP) is 4.34. The molecular weight excluding hydrogens is 344 g/mol. The monoisotopic (exact) mass is 366 g/mol. The Bertz CT molecular complexity index is 1010. The lowest BCUT2D eigenvalue weighted by molar-refractivity contribution is 0.0957. The number of amides is 1. The highest BCUT2D eigenvalue weighted by atomic mass is 32.1. The molecule has 2 N–H and O–H groups in total. The number of carbonyl (C=O) groups is 2. The normalized spacial score (nSPS) is 13.8. The third-order valence-electron chi connectivity index (χ3n) is 5.16. The molecule has 1 aliphatic rings. The Morgan fingerprint density at radius 2 is 2.12 bits per heavy atom. The molecule has 134 valence electrons. The summed E-state index contributed by atoms with van der Waals surface area (Å²) in [5, 5.41) is 4.24. The number of fused-ring (bicyclic) bond motifs is 2. The van der Waals surface area contributed by atoms with Crippen molar-refractivity contribution in [1.29, 1.82) is 0 Å². The van der Waals surface area contributed by atoms with Crippen LogP contribution in [0.3, 0.4) is 0 Å². The summed E-state index contributed by atoms with van der Waals surface area (Å²) in [5.74, 6) is 0.0946. The lowest BCUT2D eigenvalue weighted by Crippen LogP contribution is -2.25. The van der Waals surface area contributed by atoms with Crippen LogP contribution in [0.25, 0.3) is 10.9 Å². The Hall–Kier alpha value is -2.40. The molecule has 0 aliphatic heterocycles. The maximum Gasteiger partial charge on any atom is 0.261 e. The number of aromatic amines is 1. The second kappa shape index (κ2) is 6.72. The average Bonchev–Trinajstić information content (AvgIpc) is 3.19. The first-order chi connectivity index (χ1) is 12.5. The second-order valence-corrected chi connectivity index (χ2v) is 8.09. The lowest BCUT2D eigenvalue weighted by Gasteiger charge is -2.07. The molecule has 4 nitrogen and oxygen atoms in total. The molecule has 0 saturated heterocycles. The Labute approximate surface area is 156 Å². The highest BCUT2D eigenvalue weighted by Gasteiger charge is 2.22. The molecule has 3 aromatic rings. The van der Waals surface area contributed by atoms with Crippen LogP contribution < -0.4 is 5.32 Å². The molecule has 1 aromatic carbocycles. The van der Waals surface area contributed by atoms with E-state index < -0.39 is 0 Å². The van der Waals surface area contributed by atoms with Gasteiger partial charge in [-0.3, -0.25) is 9.59 Å². The fourth-order valence-corrected chi connectivity index (χ4v) is 4.90. The van der Waals surface area contributed by atoms with Crippen LogP contribution in [-0.2, 0) is 12.8 Å². The van der Waals surface area contributed by atoms with E-state index in [9.17, 15) is 9.59 Å². The largest absolute Gasteiger partial charge is 0.358 e. The molecule has 26 heavy (non-hydrogen) atoms. The van der Waals surface area contributed by atoms with Crippen molar-refractivity contribution in [2.75, 3.05) is 6.54 Å². The van der Waals surface area contributed by atoms with Gasteiger partial charge in [-0.05, 0) is 50.3 Å². The molecule has 0 spiro atoms. The van der Waals surface area contributed by atoms with Gasteiger partial charge >= 0.3 is 0 Å². The average molecular weight is 366 g/mol. The number of aryl methyl sites for hydroxylation is 3. The van der Waals surface area contributed by atoms with Crippen LogP contribution in [0, 0.1) is 13.8 Å². The van der Waals surface area contributed by atoms with E-state index in [1.54, 1.807) is 6.07 Å². The topological polar surface area (TPSA) is 62.0 Å². The predicted molar refractivity (Wildman–Crippen MR) is 105 cm³/mol. The van der Waals surface area contributed by atoms with Crippen molar-refractivity contribution in [3.8, 4) is 0 Å². The number of para-hydroxylation sites is 1. The van der Waals surface area contributed by atoms with Gasteiger partial charge in [0.05, 0.1) is 4.88 Å². The highest BCUT2D eigenvalue weighted by Crippen LogP contribution is 2.30. The summed E-state index contributed by atoms with van der Waals surface area (Å²) in [7, 11) is 0. The molecule has 0 unspecified atom stereocenters. The summed E-state index contributed by atoms with van der Waals surface area (Å²) in [6, 6.07) is 8.07. The standard InChI is InChI=1S/C21H22N2O2S/c1-12-5-3-6-15-14(13(2)23-20(12)15)9-10-22-21(25)19-11-16-17(24)7-4-8-18(16)26-19/h3,5-6,11,23H,4,7-10H2,1-2H3,(H,22,25). The van der Waals surface area contributed by atoms with Crippen molar-refractivity contribution in [2.45, 2.75) is 39.5 Å². The summed E-state index contributed by atoms with van der Waals surface area (Å²) >= 11 is 1.46. The van der Waals surface area contributed by atoms with Crippen LogP contribution in [-0.4, -0.2) is 23.2 Å². The zero-order valence-corrected chi connectivity index (χ0v) is 15.9. The van der Waals surface area contributed by atoms with Crippen LogP contribution in [0.15, 0.2) is 24.3 Å². The van der Waals surface area contributed by atoms with Crippen LogP contribution in [0.1, 0.15) is 54.6 Å². The zero-order chi connectivity index (χ0) is 18.3. The SMILES string of the molecule is Cc1[nH]c2c(C)cccc2c1CCNC(=O)c1cc2c(s1)CCCC2=O. The van der Waals surface area contributed by atoms with E-state index in [0.29, 0.717) is 17.8 Å². The van der Waals surface area contributed by atoms with Crippen LogP contribution in [0.2, 0.25) is 0 Å². The number of Topliss-reactive ketones (excluding diaryl/α,β-unsaturated/α-hetero) is 1. The lowest BCUT2D eigenvalue weighted by atomic mass is 9.98. The van der Waals surface area contributed by atoms with Crippen molar-refractivity contribution in [1.82, 2.24) is 10.3 Å². The number of aromatic nitrogens is 1. The molecule has 1 aliphatic carbocycles. The summed E-state index contributed by atoms with van der Waals surface area (Å²) in [6.45, 7) is 4.76. The molecule has 0 saturated carbocycles. The molecule has 4 rings (SSSR count). The smallest absolute Gasteiger partial charge is 0.261 e. The summed E-state index contributed by atoms with van der Waals surface area (Å²) in [5.41, 5.74) is 5.57. The van der Waals surface area contributed by atoms with Gasteiger partial charge < -0.3 is 10.3 Å². The van der Waals surface area contributed by atoms with Crippen molar-refractivity contribution >= 4 is 33.9 Å². The third-order valence-corrected chi connectivity index (χ3v) is 6.36. The van der Waals surface area contributed by atoms with E-state index in [-0.39, 0.29) is 11.7 Å². The molecule has 0 bridgehead atoms. The van der Waals surface area contributed by atoms with Gasteiger partial charge in [0.25, 0.3) is 5.91 Å². The maximum atomic E-state index is 12.5. The van der Waals surface area contributed by atoms with E-state index in [1.807, 2.05) is 0 Å². The van der Waals surface area contributed by atoms with Crippen molar-refractivity contribution in [3.05, 3.63) is 56.4 Å². The molecule has 0 fully saturated rings. The summed E-state index contributed by atoms with van der Waals surface area (Å²) in [6.07, 6.45) is 3.19. The Kier molecular flexibility index (Phi) is 4.41. The number of hydrogen-bond donors (Lipinski definition) is 2.